The molecule has 0 bridgehead atoms. The number of hydrogen-bond acceptors (Lipinski definition) is 4. The summed E-state index contributed by atoms with van der Waals surface area (Å²) in [6.07, 6.45) is -0.0908. The van der Waals surface area contributed by atoms with Gasteiger partial charge in [-0.25, -0.2) is 4.79 Å². The number of phenolic OH excluding ortho intramolecular Hbond substituents is 1. The number of aliphatic hydroxyl groups is 1. The fraction of sp³-hybridized carbons (Fsp3) is 0.500. The van der Waals surface area contributed by atoms with Gasteiger partial charge in [0.1, 0.15) is 11.4 Å². The number of amides is 1. The Bertz CT molecular complexity index is 491. The molecule has 0 fully saturated rings. The highest BCUT2D eigenvalue weighted by Gasteiger charge is 2.20. The highest BCUT2D eigenvalue weighted by Crippen LogP contribution is 2.27. The molecular formula is C14H19I2NO4. The number of hydrogen-bond donors (Lipinski definition) is 3. The third-order valence-electron chi connectivity index (χ3n) is 2.50. The fourth-order valence-electron chi connectivity index (χ4n) is 1.66. The van der Waals surface area contributed by atoms with Crippen LogP contribution in [0.25, 0.3) is 0 Å². The standard InChI is InChI=1S/C14H19I2NO4/c1-14(2,3)21-13(20)17-9(7-18)4-8-5-10(15)12(19)11(16)6-8/h5-6,9,18-19H,4,7H2,1-3H3,(H,17,20). The third-order valence-corrected chi connectivity index (χ3v) is 4.14. The van der Waals surface area contributed by atoms with Gasteiger partial charge in [0.25, 0.3) is 0 Å². The summed E-state index contributed by atoms with van der Waals surface area (Å²) in [5.41, 5.74) is 0.351. The molecule has 0 saturated heterocycles. The van der Waals surface area contributed by atoms with Crippen molar-refractivity contribution < 1.29 is 19.7 Å². The number of alkyl carbamates (subject to hydrolysis) is 1. The summed E-state index contributed by atoms with van der Waals surface area (Å²) in [7, 11) is 0. The van der Waals surface area contributed by atoms with E-state index >= 15 is 0 Å². The van der Waals surface area contributed by atoms with Crippen molar-refractivity contribution in [3.8, 4) is 5.75 Å². The van der Waals surface area contributed by atoms with E-state index < -0.39 is 17.7 Å². The largest absolute Gasteiger partial charge is 0.506 e. The van der Waals surface area contributed by atoms with Gasteiger partial charge < -0.3 is 20.3 Å². The van der Waals surface area contributed by atoms with Gasteiger partial charge in [-0.1, -0.05) is 0 Å². The van der Waals surface area contributed by atoms with Crippen molar-refractivity contribution in [1.82, 2.24) is 5.32 Å². The van der Waals surface area contributed by atoms with Gasteiger partial charge in [0.05, 0.1) is 19.8 Å². The molecule has 0 radical (unpaired) electrons. The van der Waals surface area contributed by atoms with Crippen LogP contribution in [0, 0.1) is 7.14 Å². The van der Waals surface area contributed by atoms with Crippen LogP contribution in [0.5, 0.6) is 5.75 Å². The summed E-state index contributed by atoms with van der Waals surface area (Å²) >= 11 is 4.10. The van der Waals surface area contributed by atoms with Gasteiger partial charge in [0.2, 0.25) is 0 Å². The quantitative estimate of drug-likeness (QED) is 0.535. The van der Waals surface area contributed by atoms with E-state index in [9.17, 15) is 15.0 Å². The highest BCUT2D eigenvalue weighted by molar-refractivity contribution is 14.1. The van der Waals surface area contributed by atoms with Crippen molar-refractivity contribution >= 4 is 51.3 Å². The molecule has 1 unspecified atom stereocenters. The predicted molar refractivity (Wildman–Crippen MR) is 97.5 cm³/mol. The fourth-order valence-corrected chi connectivity index (χ4v) is 3.55. The molecule has 0 aliphatic carbocycles. The van der Waals surface area contributed by atoms with Gasteiger partial charge in [0.15, 0.2) is 0 Å². The van der Waals surface area contributed by atoms with Gasteiger partial charge in [-0.2, -0.15) is 0 Å². The Balaban J connectivity index is 2.72. The van der Waals surface area contributed by atoms with Gasteiger partial charge >= 0.3 is 6.09 Å². The molecule has 1 atom stereocenters. The monoisotopic (exact) mass is 519 g/mol. The number of aliphatic hydroxyl groups excluding tert-OH is 1. The van der Waals surface area contributed by atoms with E-state index in [4.69, 9.17) is 4.74 Å². The van der Waals surface area contributed by atoms with Crippen LogP contribution >= 0.6 is 45.2 Å². The SMILES string of the molecule is CC(C)(C)OC(=O)NC(CO)Cc1cc(I)c(O)c(I)c1. The molecule has 5 nitrogen and oxygen atoms in total. The summed E-state index contributed by atoms with van der Waals surface area (Å²) in [6.45, 7) is 5.16. The van der Waals surface area contributed by atoms with E-state index in [1.807, 2.05) is 57.3 Å². The number of aromatic hydroxyl groups is 1. The van der Waals surface area contributed by atoms with E-state index in [1.54, 1.807) is 20.8 Å². The van der Waals surface area contributed by atoms with Gasteiger partial charge in [-0.3, -0.25) is 0 Å². The van der Waals surface area contributed by atoms with E-state index in [0.717, 1.165) is 12.7 Å². The molecule has 1 aromatic rings. The molecule has 1 rings (SSSR count). The number of nitrogens with one attached hydrogen (secondary N) is 1. The molecule has 0 saturated carbocycles. The van der Waals surface area contributed by atoms with Crippen molar-refractivity contribution in [2.75, 3.05) is 6.61 Å². The molecule has 0 heterocycles. The Morgan fingerprint density at radius 2 is 1.86 bits per heavy atom. The average Bonchev–Trinajstić information content (AvgIpc) is 2.32. The minimum absolute atomic E-state index is 0.187. The smallest absolute Gasteiger partial charge is 0.407 e. The number of ether oxygens (including phenoxy) is 1. The van der Waals surface area contributed by atoms with Crippen molar-refractivity contribution in [2.24, 2.45) is 0 Å². The Kier molecular flexibility index (Phi) is 6.98. The summed E-state index contributed by atoms with van der Waals surface area (Å²) in [5.74, 6) is 0.251. The minimum atomic E-state index is -0.576. The molecule has 1 amide bonds. The van der Waals surface area contributed by atoms with Gasteiger partial charge in [-0.05, 0) is 90.1 Å². The van der Waals surface area contributed by atoms with Crippen molar-refractivity contribution in [3.05, 3.63) is 24.8 Å². The molecule has 0 aliphatic heterocycles. The highest BCUT2D eigenvalue weighted by atomic mass is 127. The Morgan fingerprint density at radius 1 is 1.33 bits per heavy atom. The van der Waals surface area contributed by atoms with Gasteiger partial charge in [-0.15, -0.1) is 0 Å². The summed E-state index contributed by atoms with van der Waals surface area (Å²) in [4.78, 5) is 11.7. The lowest BCUT2D eigenvalue weighted by Crippen LogP contribution is -2.42. The molecule has 0 spiro atoms. The van der Waals surface area contributed by atoms with Crippen LogP contribution in [-0.4, -0.2) is 34.6 Å². The Morgan fingerprint density at radius 3 is 2.29 bits per heavy atom. The first-order valence-corrected chi connectivity index (χ1v) is 8.55. The van der Waals surface area contributed by atoms with E-state index in [-0.39, 0.29) is 12.4 Å². The van der Waals surface area contributed by atoms with Crippen LogP contribution in [-0.2, 0) is 11.2 Å². The molecule has 118 valence electrons. The minimum Gasteiger partial charge on any atom is -0.506 e. The van der Waals surface area contributed by atoms with E-state index in [0.29, 0.717) is 6.42 Å². The number of benzene rings is 1. The Hall–Kier alpha value is -0.290. The zero-order valence-corrected chi connectivity index (χ0v) is 16.4. The Labute approximate surface area is 151 Å². The molecule has 1 aromatic carbocycles. The van der Waals surface area contributed by atoms with E-state index in [2.05, 4.69) is 5.32 Å². The van der Waals surface area contributed by atoms with Crippen molar-refractivity contribution in [3.63, 3.8) is 0 Å². The lowest BCUT2D eigenvalue weighted by molar-refractivity contribution is 0.0483. The summed E-state index contributed by atoms with van der Waals surface area (Å²) in [5, 5.41) is 21.8. The lowest BCUT2D eigenvalue weighted by Gasteiger charge is -2.23. The second-order valence-corrected chi connectivity index (χ2v) is 7.96. The second kappa shape index (κ2) is 7.82. The zero-order chi connectivity index (χ0) is 16.2. The molecule has 0 aliphatic rings. The maximum atomic E-state index is 11.7. The maximum absolute atomic E-state index is 11.7. The number of phenols is 1. The maximum Gasteiger partial charge on any atom is 0.407 e. The van der Waals surface area contributed by atoms with Crippen LogP contribution < -0.4 is 5.32 Å². The van der Waals surface area contributed by atoms with E-state index in [1.165, 1.54) is 0 Å². The average molecular weight is 519 g/mol. The number of carbonyl (C=O) groups excluding carboxylic acids is 1. The second-order valence-electron chi connectivity index (χ2n) is 5.64. The molecule has 3 N–H and O–H groups in total. The summed E-state index contributed by atoms with van der Waals surface area (Å²) < 4.78 is 6.65. The molecule has 0 aromatic heterocycles. The van der Waals surface area contributed by atoms with Crippen LogP contribution in [0.15, 0.2) is 12.1 Å². The lowest BCUT2D eigenvalue weighted by atomic mass is 10.1. The van der Waals surface area contributed by atoms with Gasteiger partial charge in [0, 0.05) is 0 Å². The number of rotatable bonds is 4. The summed E-state index contributed by atoms with van der Waals surface area (Å²) in [6, 6.07) is 3.23. The van der Waals surface area contributed by atoms with Crippen LogP contribution in [0.2, 0.25) is 0 Å². The predicted octanol–water partition coefficient (Wildman–Crippen LogP) is 3.03. The molecule has 7 heteroatoms. The first-order valence-electron chi connectivity index (χ1n) is 6.39. The number of carbonyl (C=O) groups is 1. The van der Waals surface area contributed by atoms with Crippen molar-refractivity contribution in [1.29, 1.82) is 0 Å². The normalized spacial score (nSPS) is 12.9. The molecule has 21 heavy (non-hydrogen) atoms. The number of halogens is 2. The topological polar surface area (TPSA) is 78.8 Å². The first-order chi connectivity index (χ1) is 9.62. The molecular weight excluding hydrogens is 500 g/mol. The third kappa shape index (κ3) is 6.55. The van der Waals surface area contributed by atoms with Crippen molar-refractivity contribution in [2.45, 2.75) is 38.8 Å². The van der Waals surface area contributed by atoms with Crippen LogP contribution in [0.1, 0.15) is 26.3 Å². The van der Waals surface area contributed by atoms with Crippen LogP contribution in [0.4, 0.5) is 4.79 Å². The zero-order valence-electron chi connectivity index (χ0n) is 12.1. The first kappa shape index (κ1) is 18.8. The van der Waals surface area contributed by atoms with Crippen LogP contribution in [0.3, 0.4) is 0 Å².